The third-order valence-electron chi connectivity index (χ3n) is 3.66. The largest absolute Gasteiger partial charge is 0.330 e. The van der Waals surface area contributed by atoms with Gasteiger partial charge in [0, 0.05) is 11.8 Å². The molecule has 0 bridgehead atoms. The average molecular weight is 416 g/mol. The van der Waals surface area contributed by atoms with E-state index in [9.17, 15) is 14.9 Å². The normalized spacial score (nSPS) is 10.5. The lowest BCUT2D eigenvalue weighted by Crippen LogP contribution is -2.15. The van der Waals surface area contributed by atoms with Crippen molar-refractivity contribution in [2.24, 2.45) is 0 Å². The number of aromatic nitrogens is 2. The van der Waals surface area contributed by atoms with Crippen molar-refractivity contribution in [3.8, 4) is 0 Å². The molecule has 0 atom stereocenters. The highest BCUT2D eigenvalue weighted by molar-refractivity contribution is 8.01. The fourth-order valence-corrected chi connectivity index (χ4v) is 3.86. The number of carbonyl (C=O) groups excluding carboxylic acids is 1. The number of thioether (sulfide) groups is 1. The molecule has 144 valence electrons. The van der Waals surface area contributed by atoms with Crippen molar-refractivity contribution in [1.29, 1.82) is 0 Å². The Kier molecular flexibility index (Phi) is 6.22. The number of benzene rings is 2. The molecule has 2 N–H and O–H groups in total. The minimum atomic E-state index is -0.510. The van der Waals surface area contributed by atoms with Crippen LogP contribution < -0.4 is 10.6 Å². The Hall–Kier alpha value is -2.98. The smallest absolute Gasteiger partial charge is 0.293 e. The molecule has 2 aromatic carbocycles. The maximum absolute atomic E-state index is 12.2. The van der Waals surface area contributed by atoms with Crippen molar-refractivity contribution in [3.63, 3.8) is 0 Å². The maximum atomic E-state index is 12.2. The zero-order valence-corrected chi connectivity index (χ0v) is 16.8. The quantitative estimate of drug-likeness (QED) is 0.331. The molecular weight excluding hydrogens is 398 g/mol. The minimum Gasteiger partial charge on any atom is -0.330 e. The van der Waals surface area contributed by atoms with Crippen LogP contribution in [-0.2, 0) is 4.79 Å². The second kappa shape index (κ2) is 8.81. The first kappa shape index (κ1) is 19.8. The summed E-state index contributed by atoms with van der Waals surface area (Å²) in [5.74, 6) is -0.273. The first-order chi connectivity index (χ1) is 13.4. The molecular formula is C18H17N5O3S2. The van der Waals surface area contributed by atoms with Gasteiger partial charge in [-0.1, -0.05) is 46.9 Å². The Morgan fingerprint density at radius 3 is 2.57 bits per heavy atom. The number of amides is 1. The zero-order chi connectivity index (χ0) is 20.1. The number of carbonyl (C=O) groups is 1. The summed E-state index contributed by atoms with van der Waals surface area (Å²) in [4.78, 5) is 22.8. The van der Waals surface area contributed by atoms with Gasteiger partial charge in [-0.2, -0.15) is 0 Å². The van der Waals surface area contributed by atoms with Crippen LogP contribution in [0.5, 0.6) is 0 Å². The summed E-state index contributed by atoms with van der Waals surface area (Å²) in [6, 6.07) is 12.6. The molecule has 1 aromatic heterocycles. The standard InChI is InChI=1S/C18H17N5O3S2/c1-11-3-6-13(7-4-11)19-17-21-22-18(28-17)27-10-16(24)20-14-8-5-12(2)9-15(14)23(25)26/h3-9H,10H2,1-2H3,(H,19,21)(H,20,24). The number of nitrogens with one attached hydrogen (secondary N) is 2. The van der Waals surface area contributed by atoms with E-state index in [1.165, 1.54) is 40.8 Å². The number of anilines is 3. The van der Waals surface area contributed by atoms with E-state index in [2.05, 4.69) is 20.8 Å². The van der Waals surface area contributed by atoms with Gasteiger partial charge in [-0.15, -0.1) is 10.2 Å². The molecule has 0 saturated heterocycles. The maximum Gasteiger partial charge on any atom is 0.293 e. The van der Waals surface area contributed by atoms with Gasteiger partial charge in [-0.05, 0) is 37.6 Å². The van der Waals surface area contributed by atoms with Crippen LogP contribution in [0.1, 0.15) is 11.1 Å². The van der Waals surface area contributed by atoms with E-state index >= 15 is 0 Å². The van der Waals surface area contributed by atoms with E-state index in [1.807, 2.05) is 31.2 Å². The van der Waals surface area contributed by atoms with Crippen molar-refractivity contribution in [3.05, 3.63) is 63.7 Å². The molecule has 0 aliphatic heterocycles. The van der Waals surface area contributed by atoms with Crippen LogP contribution in [0, 0.1) is 24.0 Å². The zero-order valence-electron chi connectivity index (χ0n) is 15.1. The summed E-state index contributed by atoms with van der Waals surface area (Å²) in [6.07, 6.45) is 0. The second-order valence-electron chi connectivity index (χ2n) is 5.98. The summed E-state index contributed by atoms with van der Waals surface area (Å²) >= 11 is 2.55. The summed E-state index contributed by atoms with van der Waals surface area (Å²) in [7, 11) is 0. The van der Waals surface area contributed by atoms with E-state index in [0.29, 0.717) is 9.47 Å². The number of rotatable bonds is 7. The molecule has 28 heavy (non-hydrogen) atoms. The molecule has 0 spiro atoms. The van der Waals surface area contributed by atoms with Gasteiger partial charge in [-0.25, -0.2) is 0 Å². The van der Waals surface area contributed by atoms with E-state index in [4.69, 9.17) is 0 Å². The summed E-state index contributed by atoms with van der Waals surface area (Å²) < 4.78 is 0.628. The lowest BCUT2D eigenvalue weighted by Gasteiger charge is -2.05. The van der Waals surface area contributed by atoms with Gasteiger partial charge >= 0.3 is 0 Å². The van der Waals surface area contributed by atoms with Gasteiger partial charge in [0.15, 0.2) is 4.34 Å². The van der Waals surface area contributed by atoms with Crippen molar-refractivity contribution >= 4 is 51.2 Å². The molecule has 1 heterocycles. The SMILES string of the molecule is Cc1ccc(Nc2nnc(SCC(=O)Nc3ccc(C)cc3[N+](=O)[O-])s2)cc1. The molecule has 0 aliphatic carbocycles. The molecule has 3 aromatic rings. The summed E-state index contributed by atoms with van der Waals surface area (Å²) in [5.41, 5.74) is 2.88. The topological polar surface area (TPSA) is 110 Å². The van der Waals surface area contributed by atoms with Crippen LogP contribution >= 0.6 is 23.1 Å². The first-order valence-corrected chi connectivity index (χ1v) is 10.1. The van der Waals surface area contributed by atoms with E-state index in [0.717, 1.165) is 11.3 Å². The lowest BCUT2D eigenvalue weighted by atomic mass is 10.2. The van der Waals surface area contributed by atoms with Crippen LogP contribution in [0.15, 0.2) is 46.8 Å². The van der Waals surface area contributed by atoms with Crippen molar-refractivity contribution in [1.82, 2.24) is 10.2 Å². The number of nitro benzene ring substituents is 1. The summed E-state index contributed by atoms with van der Waals surface area (Å²) in [5, 5.41) is 25.6. The molecule has 10 heteroatoms. The molecule has 1 amide bonds. The molecule has 3 rings (SSSR count). The van der Waals surface area contributed by atoms with Gasteiger partial charge in [0.05, 0.1) is 10.7 Å². The van der Waals surface area contributed by atoms with Crippen LogP contribution in [-0.4, -0.2) is 26.8 Å². The van der Waals surface area contributed by atoms with Gasteiger partial charge in [-0.3, -0.25) is 14.9 Å². The molecule has 0 fully saturated rings. The van der Waals surface area contributed by atoms with E-state index < -0.39 is 4.92 Å². The molecule has 0 radical (unpaired) electrons. The van der Waals surface area contributed by atoms with Crippen molar-refractivity contribution in [2.75, 3.05) is 16.4 Å². The number of nitrogens with zero attached hydrogens (tertiary/aromatic N) is 3. The third kappa shape index (κ3) is 5.27. The second-order valence-corrected chi connectivity index (χ2v) is 8.18. The fraction of sp³-hybridized carbons (Fsp3) is 0.167. The number of hydrogen-bond donors (Lipinski definition) is 2. The summed E-state index contributed by atoms with van der Waals surface area (Å²) in [6.45, 7) is 3.77. The Labute approximate surface area is 169 Å². The predicted octanol–water partition coefficient (Wildman–Crippen LogP) is 4.54. The van der Waals surface area contributed by atoms with Crippen LogP contribution in [0.3, 0.4) is 0 Å². The average Bonchev–Trinajstić information content (AvgIpc) is 3.10. The highest BCUT2D eigenvalue weighted by atomic mass is 32.2. The Morgan fingerprint density at radius 1 is 1.14 bits per heavy atom. The fourth-order valence-electron chi connectivity index (χ4n) is 2.29. The number of nitro groups is 1. The highest BCUT2D eigenvalue weighted by Gasteiger charge is 2.16. The number of aryl methyl sites for hydroxylation is 2. The first-order valence-electron chi connectivity index (χ1n) is 8.25. The van der Waals surface area contributed by atoms with E-state index in [-0.39, 0.29) is 23.0 Å². The van der Waals surface area contributed by atoms with Crippen LogP contribution in [0.2, 0.25) is 0 Å². The van der Waals surface area contributed by atoms with Crippen LogP contribution in [0.4, 0.5) is 22.2 Å². The van der Waals surface area contributed by atoms with Crippen LogP contribution in [0.25, 0.3) is 0 Å². The number of hydrogen-bond acceptors (Lipinski definition) is 8. The van der Waals surface area contributed by atoms with Crippen molar-refractivity contribution in [2.45, 2.75) is 18.2 Å². The highest BCUT2D eigenvalue weighted by Crippen LogP contribution is 2.29. The van der Waals surface area contributed by atoms with Gasteiger partial charge < -0.3 is 10.6 Å². The predicted molar refractivity (Wildman–Crippen MR) is 112 cm³/mol. The Morgan fingerprint density at radius 2 is 1.86 bits per heavy atom. The molecule has 0 aliphatic rings. The van der Waals surface area contributed by atoms with Gasteiger partial charge in [0.2, 0.25) is 11.0 Å². The minimum absolute atomic E-state index is 0.0736. The molecule has 8 nitrogen and oxygen atoms in total. The Bertz CT molecular complexity index is 1000. The van der Waals surface area contributed by atoms with Gasteiger partial charge in [0.1, 0.15) is 5.69 Å². The molecule has 0 unspecified atom stereocenters. The lowest BCUT2D eigenvalue weighted by molar-refractivity contribution is -0.384. The van der Waals surface area contributed by atoms with Gasteiger partial charge in [0.25, 0.3) is 5.69 Å². The third-order valence-corrected chi connectivity index (χ3v) is 5.63. The van der Waals surface area contributed by atoms with Crippen molar-refractivity contribution < 1.29 is 9.72 Å². The monoisotopic (exact) mass is 415 g/mol. The molecule has 0 saturated carbocycles. The van der Waals surface area contributed by atoms with E-state index in [1.54, 1.807) is 13.0 Å². The Balaban J connectivity index is 1.56.